The lowest BCUT2D eigenvalue weighted by molar-refractivity contribution is 0.530. The maximum Gasteiger partial charge on any atom is 0.0760 e. The number of aromatic nitrogens is 1. The summed E-state index contributed by atoms with van der Waals surface area (Å²) in [6, 6.07) is 17.8. The van der Waals surface area contributed by atoms with Crippen LogP contribution in [0.3, 0.4) is 0 Å². The van der Waals surface area contributed by atoms with Gasteiger partial charge in [-0.1, -0.05) is 166 Å². The van der Waals surface area contributed by atoms with Gasteiger partial charge in [0.05, 0.1) is 16.4 Å². The molecule has 0 radical (unpaired) electrons. The van der Waals surface area contributed by atoms with Crippen LogP contribution in [-0.2, 0) is 6.54 Å². The van der Waals surface area contributed by atoms with Crippen LogP contribution in [0.25, 0.3) is 21.8 Å². The van der Waals surface area contributed by atoms with Crippen molar-refractivity contribution in [2.75, 3.05) is 6.54 Å². The van der Waals surface area contributed by atoms with E-state index in [-0.39, 0.29) is 0 Å². The maximum absolute atomic E-state index is 5.20. The smallest absolute Gasteiger partial charge is 0.0760 e. The fourth-order valence-corrected chi connectivity index (χ4v) is 6.05. The molecule has 0 aliphatic carbocycles. The zero-order valence-electron chi connectivity index (χ0n) is 25.6. The van der Waals surface area contributed by atoms with Crippen molar-refractivity contribution in [3.8, 4) is 0 Å². The molecule has 0 aliphatic heterocycles. The number of benzene rings is 2. The van der Waals surface area contributed by atoms with Crippen LogP contribution in [0.4, 0.5) is 0 Å². The van der Waals surface area contributed by atoms with Crippen molar-refractivity contribution < 1.29 is 0 Å². The molecule has 39 heavy (non-hydrogen) atoms. The minimum Gasteiger partial charge on any atom is -0.340 e. The fourth-order valence-electron chi connectivity index (χ4n) is 6.05. The Balaban J connectivity index is 1.40. The van der Waals surface area contributed by atoms with Gasteiger partial charge in [0.15, 0.2) is 0 Å². The van der Waals surface area contributed by atoms with Crippen LogP contribution in [0.15, 0.2) is 53.5 Å². The molecule has 0 amide bonds. The summed E-state index contributed by atoms with van der Waals surface area (Å²) < 4.78 is 2.54. The van der Waals surface area contributed by atoms with Gasteiger partial charge in [-0.05, 0) is 25.0 Å². The van der Waals surface area contributed by atoms with Crippen molar-refractivity contribution in [1.82, 2.24) is 4.57 Å². The highest BCUT2D eigenvalue weighted by Crippen LogP contribution is 2.21. The van der Waals surface area contributed by atoms with Gasteiger partial charge in [-0.15, -0.1) is 0 Å². The van der Waals surface area contributed by atoms with Gasteiger partial charge in [0.2, 0.25) is 0 Å². The highest BCUT2D eigenvalue weighted by Gasteiger charge is 2.09. The second-order valence-electron chi connectivity index (χ2n) is 11.8. The van der Waals surface area contributed by atoms with Gasteiger partial charge in [-0.2, -0.15) is 0 Å². The molecule has 2 nitrogen and oxygen atoms in total. The summed E-state index contributed by atoms with van der Waals surface area (Å²) >= 11 is 0. The third kappa shape index (κ3) is 11.1. The Morgan fingerprint density at radius 3 is 1.31 bits per heavy atom. The van der Waals surface area contributed by atoms with Gasteiger partial charge >= 0.3 is 0 Å². The summed E-state index contributed by atoms with van der Waals surface area (Å²) in [5.74, 6) is 0. The lowest BCUT2D eigenvalue weighted by Gasteiger charge is -2.16. The maximum atomic E-state index is 5.20. The van der Waals surface area contributed by atoms with E-state index >= 15 is 0 Å². The third-order valence-corrected chi connectivity index (χ3v) is 8.42. The summed E-state index contributed by atoms with van der Waals surface area (Å²) in [5.41, 5.74) is 2.66. The number of hydrogen-bond donors (Lipinski definition) is 0. The Morgan fingerprint density at radius 1 is 0.462 bits per heavy atom. The zero-order chi connectivity index (χ0) is 27.4. The summed E-state index contributed by atoms with van der Waals surface area (Å²) in [4.78, 5) is 5.20. The van der Waals surface area contributed by atoms with Gasteiger partial charge in [0, 0.05) is 23.9 Å². The van der Waals surface area contributed by atoms with Crippen molar-refractivity contribution in [3.63, 3.8) is 0 Å². The van der Waals surface area contributed by atoms with E-state index in [0.29, 0.717) is 0 Å². The van der Waals surface area contributed by atoms with Crippen LogP contribution >= 0.6 is 0 Å². The first-order valence-corrected chi connectivity index (χ1v) is 16.9. The largest absolute Gasteiger partial charge is 0.340 e. The second kappa shape index (κ2) is 19.9. The molecule has 0 unspecified atom stereocenters. The number of nitrogens with zero attached hydrogens (tertiary/aromatic N) is 2. The highest BCUT2D eigenvalue weighted by molar-refractivity contribution is 5.93. The minimum absolute atomic E-state index is 0.937. The minimum atomic E-state index is 0.937. The second-order valence-corrected chi connectivity index (χ2v) is 11.8. The van der Waals surface area contributed by atoms with Crippen LogP contribution in [-0.4, -0.2) is 11.1 Å². The molecule has 0 bridgehead atoms. The lowest BCUT2D eigenvalue weighted by atomic mass is 10.0. The molecule has 0 N–H and O–H groups in total. The Morgan fingerprint density at radius 2 is 0.846 bits per heavy atom. The Bertz CT molecular complexity index is 1050. The molecule has 0 saturated carbocycles. The standard InChI is InChI=1S/C37H58N2/c1-3-5-7-9-10-11-12-13-14-15-16-17-18-19-20-25-31-38-37-33-27-21-23-29-35(33)39(32-26-8-6-4-2)36-30-24-22-28-34(36)37/h21-24,27-30H,3-20,25-26,31-32H2,1-2H3. The van der Waals surface area contributed by atoms with Gasteiger partial charge in [-0.25, -0.2) is 0 Å². The van der Waals surface area contributed by atoms with Crippen molar-refractivity contribution >= 4 is 21.8 Å². The molecule has 1 aromatic heterocycles. The topological polar surface area (TPSA) is 17.3 Å². The third-order valence-electron chi connectivity index (χ3n) is 8.42. The molecule has 0 fully saturated rings. The number of hydrogen-bond acceptors (Lipinski definition) is 1. The number of para-hydroxylation sites is 2. The molecule has 3 aromatic rings. The summed E-state index contributed by atoms with van der Waals surface area (Å²) in [5, 5.41) is 3.82. The van der Waals surface area contributed by atoms with Crippen LogP contribution in [0, 0.1) is 0 Å². The number of unbranched alkanes of at least 4 members (excludes halogenated alkanes) is 18. The van der Waals surface area contributed by atoms with E-state index in [9.17, 15) is 0 Å². The summed E-state index contributed by atoms with van der Waals surface area (Å²) in [7, 11) is 0. The molecule has 2 aromatic carbocycles. The zero-order valence-corrected chi connectivity index (χ0v) is 25.6. The summed E-state index contributed by atoms with van der Waals surface area (Å²) in [6.45, 7) is 6.61. The Hall–Kier alpha value is -2.09. The predicted molar refractivity (Wildman–Crippen MR) is 174 cm³/mol. The fraction of sp³-hybridized carbons (Fsp3) is 0.649. The van der Waals surface area contributed by atoms with E-state index in [1.165, 1.54) is 156 Å². The SMILES string of the molecule is CCCCCCCCCCCCCCCCCCN=c1c2ccccc2n(CCCCCC)c2ccccc12. The van der Waals surface area contributed by atoms with Crippen LogP contribution < -0.4 is 5.36 Å². The average Bonchev–Trinajstić information content (AvgIpc) is 2.97. The van der Waals surface area contributed by atoms with Crippen molar-refractivity contribution in [2.45, 2.75) is 149 Å². The van der Waals surface area contributed by atoms with Crippen molar-refractivity contribution in [1.29, 1.82) is 0 Å². The Kier molecular flexibility index (Phi) is 16.0. The van der Waals surface area contributed by atoms with Crippen LogP contribution in [0.2, 0.25) is 0 Å². The first kappa shape index (κ1) is 31.4. The summed E-state index contributed by atoms with van der Waals surface area (Å²) in [6.07, 6.45) is 27.7. The van der Waals surface area contributed by atoms with E-state index < -0.39 is 0 Å². The normalized spacial score (nSPS) is 11.5. The molecule has 1 heterocycles. The highest BCUT2D eigenvalue weighted by atomic mass is 15.0. The molecule has 2 heteroatoms. The monoisotopic (exact) mass is 530 g/mol. The van der Waals surface area contributed by atoms with Gasteiger partial charge in [0.25, 0.3) is 0 Å². The van der Waals surface area contributed by atoms with E-state index in [1.807, 2.05) is 0 Å². The van der Waals surface area contributed by atoms with E-state index in [0.717, 1.165) is 13.1 Å². The van der Waals surface area contributed by atoms with Crippen LogP contribution in [0.1, 0.15) is 142 Å². The average molecular weight is 531 g/mol. The first-order chi connectivity index (χ1) is 19.4. The van der Waals surface area contributed by atoms with Crippen LogP contribution in [0.5, 0.6) is 0 Å². The van der Waals surface area contributed by atoms with E-state index in [1.54, 1.807) is 0 Å². The number of pyridine rings is 1. The molecule has 0 spiro atoms. The molecular weight excluding hydrogens is 472 g/mol. The Labute approximate surface area is 240 Å². The van der Waals surface area contributed by atoms with E-state index in [2.05, 4.69) is 66.9 Å². The van der Waals surface area contributed by atoms with Crippen molar-refractivity contribution in [2.24, 2.45) is 4.99 Å². The molecular formula is C37H58N2. The van der Waals surface area contributed by atoms with Gasteiger partial charge in [0.1, 0.15) is 0 Å². The molecule has 0 atom stereocenters. The van der Waals surface area contributed by atoms with Gasteiger partial charge in [-0.3, -0.25) is 4.99 Å². The van der Waals surface area contributed by atoms with Crippen molar-refractivity contribution in [3.05, 3.63) is 53.9 Å². The predicted octanol–water partition coefficient (Wildman–Crippen LogP) is 11.5. The quantitative estimate of drug-likeness (QED) is 0.0907. The number of fused-ring (bicyclic) bond motifs is 2. The number of aryl methyl sites for hydroxylation is 1. The van der Waals surface area contributed by atoms with E-state index in [4.69, 9.17) is 4.99 Å². The van der Waals surface area contributed by atoms with Gasteiger partial charge < -0.3 is 4.57 Å². The molecule has 0 saturated heterocycles. The molecule has 0 aliphatic rings. The molecule has 216 valence electrons. The number of rotatable bonds is 22. The lowest BCUT2D eigenvalue weighted by Crippen LogP contribution is -2.14. The first-order valence-electron chi connectivity index (χ1n) is 16.9. The molecule has 3 rings (SSSR count).